The molecule has 1 atom stereocenters. The molecule has 1 aliphatic heterocycles. The molecule has 1 aromatic rings. The maximum Gasteiger partial charge on any atom is 0.414 e. The third-order valence-corrected chi connectivity index (χ3v) is 4.05. The molecule has 2 rings (SSSR count). The van der Waals surface area contributed by atoms with Gasteiger partial charge in [-0.1, -0.05) is 0 Å². The summed E-state index contributed by atoms with van der Waals surface area (Å²) in [7, 11) is -3.28. The fourth-order valence-electron chi connectivity index (χ4n) is 1.90. The topological polar surface area (TPSA) is 90.0 Å². The molecule has 1 aliphatic rings. The largest absolute Gasteiger partial charge is 0.462 e. The molecule has 1 heterocycles. The average molecular weight is 313 g/mol. The van der Waals surface area contributed by atoms with Crippen molar-refractivity contribution in [3.05, 3.63) is 24.3 Å². The lowest BCUT2D eigenvalue weighted by atomic mass is 10.3. The summed E-state index contributed by atoms with van der Waals surface area (Å²) in [4.78, 5) is 24.0. The first kappa shape index (κ1) is 15.3. The quantitative estimate of drug-likeness (QED) is 0.770. The zero-order valence-corrected chi connectivity index (χ0v) is 12.4. The Labute approximate surface area is 122 Å². The van der Waals surface area contributed by atoms with E-state index in [1.807, 2.05) is 0 Å². The first-order valence-electron chi connectivity index (χ1n) is 6.19. The van der Waals surface area contributed by atoms with Crippen LogP contribution in [0, 0.1) is 0 Å². The predicted molar refractivity (Wildman–Crippen MR) is 73.8 cm³/mol. The van der Waals surface area contributed by atoms with Crippen LogP contribution in [0.15, 0.2) is 29.2 Å². The molecule has 0 aromatic heterocycles. The number of hydrogen-bond donors (Lipinski definition) is 0. The molecular weight excluding hydrogens is 298 g/mol. The van der Waals surface area contributed by atoms with Crippen molar-refractivity contribution in [2.75, 3.05) is 24.3 Å². The lowest BCUT2D eigenvalue weighted by Crippen LogP contribution is -2.26. The lowest BCUT2D eigenvalue weighted by molar-refractivity contribution is -0.143. The number of esters is 1. The van der Waals surface area contributed by atoms with Crippen molar-refractivity contribution in [2.45, 2.75) is 17.9 Å². The molecule has 0 spiro atoms. The number of cyclic esters (lactones) is 1. The summed E-state index contributed by atoms with van der Waals surface area (Å²) in [5.41, 5.74) is 0.526. The maximum absolute atomic E-state index is 11.8. The van der Waals surface area contributed by atoms with Gasteiger partial charge in [-0.2, -0.15) is 0 Å². The normalized spacial score (nSPS) is 18.5. The number of carbonyl (C=O) groups is 2. The lowest BCUT2D eigenvalue weighted by Gasteiger charge is -2.13. The zero-order chi connectivity index (χ0) is 15.6. The molecule has 8 heteroatoms. The summed E-state index contributed by atoms with van der Waals surface area (Å²) in [5.74, 6) is -0.443. The van der Waals surface area contributed by atoms with Gasteiger partial charge in [-0.05, 0) is 24.3 Å². The highest BCUT2D eigenvalue weighted by Crippen LogP contribution is 2.23. The van der Waals surface area contributed by atoms with Crippen molar-refractivity contribution in [1.29, 1.82) is 0 Å². The molecular formula is C13H15NO6S. The molecule has 114 valence electrons. The van der Waals surface area contributed by atoms with Gasteiger partial charge in [0.05, 0.1) is 11.4 Å². The van der Waals surface area contributed by atoms with Crippen LogP contribution in [0.5, 0.6) is 0 Å². The summed E-state index contributed by atoms with van der Waals surface area (Å²) < 4.78 is 32.6. The van der Waals surface area contributed by atoms with E-state index in [4.69, 9.17) is 9.47 Å². The molecule has 0 bridgehead atoms. The van der Waals surface area contributed by atoms with Crippen molar-refractivity contribution in [2.24, 2.45) is 0 Å². The SMILES string of the molecule is CC(=O)OCC1CN(c2ccc(S(C)(=O)=O)cc2)C(=O)O1. The van der Waals surface area contributed by atoms with E-state index in [2.05, 4.69) is 0 Å². The zero-order valence-electron chi connectivity index (χ0n) is 11.6. The number of sulfone groups is 1. The van der Waals surface area contributed by atoms with Crippen LogP contribution in [-0.2, 0) is 24.1 Å². The van der Waals surface area contributed by atoms with Crippen molar-refractivity contribution >= 4 is 27.6 Å². The van der Waals surface area contributed by atoms with Gasteiger partial charge in [0.25, 0.3) is 0 Å². The summed E-state index contributed by atoms with van der Waals surface area (Å²) >= 11 is 0. The summed E-state index contributed by atoms with van der Waals surface area (Å²) in [6, 6.07) is 5.92. The molecule has 7 nitrogen and oxygen atoms in total. The van der Waals surface area contributed by atoms with Crippen molar-refractivity contribution in [3.8, 4) is 0 Å². The number of hydrogen-bond acceptors (Lipinski definition) is 6. The highest BCUT2D eigenvalue weighted by molar-refractivity contribution is 7.90. The van der Waals surface area contributed by atoms with Crippen LogP contribution < -0.4 is 4.90 Å². The first-order valence-corrected chi connectivity index (χ1v) is 8.08. The van der Waals surface area contributed by atoms with E-state index in [1.54, 1.807) is 0 Å². The second kappa shape index (κ2) is 5.72. The van der Waals surface area contributed by atoms with Gasteiger partial charge < -0.3 is 9.47 Å². The molecule has 1 unspecified atom stereocenters. The fraction of sp³-hybridized carbons (Fsp3) is 0.385. The molecule has 0 N–H and O–H groups in total. The van der Waals surface area contributed by atoms with E-state index in [1.165, 1.54) is 36.1 Å². The molecule has 1 aromatic carbocycles. The monoisotopic (exact) mass is 313 g/mol. The van der Waals surface area contributed by atoms with Crippen LogP contribution in [0.1, 0.15) is 6.92 Å². The number of amides is 1. The van der Waals surface area contributed by atoms with E-state index in [9.17, 15) is 18.0 Å². The van der Waals surface area contributed by atoms with E-state index in [0.717, 1.165) is 6.26 Å². The molecule has 1 fully saturated rings. The number of carbonyl (C=O) groups excluding carboxylic acids is 2. The van der Waals surface area contributed by atoms with E-state index in [-0.39, 0.29) is 18.0 Å². The Hall–Kier alpha value is -2.09. The van der Waals surface area contributed by atoms with Crippen LogP contribution in [0.3, 0.4) is 0 Å². The second-order valence-corrected chi connectivity index (χ2v) is 6.70. The molecule has 0 saturated carbocycles. The summed E-state index contributed by atoms with van der Waals surface area (Å²) in [6.45, 7) is 1.52. The number of anilines is 1. The third-order valence-electron chi connectivity index (χ3n) is 2.92. The Morgan fingerprint density at radius 3 is 2.52 bits per heavy atom. The van der Waals surface area contributed by atoms with Gasteiger partial charge in [-0.15, -0.1) is 0 Å². The van der Waals surface area contributed by atoms with Gasteiger partial charge in [0.15, 0.2) is 15.9 Å². The third kappa shape index (κ3) is 3.72. The molecule has 1 saturated heterocycles. The summed E-state index contributed by atoms with van der Waals surface area (Å²) in [6.07, 6.45) is 0.0246. The Balaban J connectivity index is 2.08. The van der Waals surface area contributed by atoms with Crippen LogP contribution in [0.2, 0.25) is 0 Å². The Morgan fingerprint density at radius 1 is 1.38 bits per heavy atom. The number of nitrogens with zero attached hydrogens (tertiary/aromatic N) is 1. The summed E-state index contributed by atoms with van der Waals surface area (Å²) in [5, 5.41) is 0. The Morgan fingerprint density at radius 2 is 2.00 bits per heavy atom. The van der Waals surface area contributed by atoms with Gasteiger partial charge in [-0.3, -0.25) is 9.69 Å². The number of ether oxygens (including phenoxy) is 2. The smallest absolute Gasteiger partial charge is 0.414 e. The highest BCUT2D eigenvalue weighted by atomic mass is 32.2. The minimum Gasteiger partial charge on any atom is -0.462 e. The van der Waals surface area contributed by atoms with Crippen LogP contribution in [-0.4, -0.2) is 46.0 Å². The van der Waals surface area contributed by atoms with E-state index < -0.39 is 28.0 Å². The first-order chi connectivity index (χ1) is 9.77. The standard InChI is InChI=1S/C13H15NO6S/c1-9(15)19-8-11-7-14(13(16)20-11)10-3-5-12(6-4-10)21(2,17)18/h3-6,11H,7-8H2,1-2H3. The van der Waals surface area contributed by atoms with Crippen LogP contribution in [0.25, 0.3) is 0 Å². The minimum absolute atomic E-state index is 0.000996. The molecule has 0 aliphatic carbocycles. The molecule has 0 radical (unpaired) electrons. The van der Waals surface area contributed by atoms with Crippen LogP contribution in [0.4, 0.5) is 10.5 Å². The van der Waals surface area contributed by atoms with Gasteiger partial charge in [-0.25, -0.2) is 13.2 Å². The molecule has 21 heavy (non-hydrogen) atoms. The van der Waals surface area contributed by atoms with Crippen LogP contribution >= 0.6 is 0 Å². The Bertz CT molecular complexity index is 652. The average Bonchev–Trinajstić information content (AvgIpc) is 2.77. The minimum atomic E-state index is -3.28. The van der Waals surface area contributed by atoms with Crippen molar-refractivity contribution in [3.63, 3.8) is 0 Å². The Kier molecular flexibility index (Phi) is 4.17. The van der Waals surface area contributed by atoms with Crippen molar-refractivity contribution in [1.82, 2.24) is 0 Å². The maximum atomic E-state index is 11.8. The van der Waals surface area contributed by atoms with Gasteiger partial charge in [0.2, 0.25) is 0 Å². The second-order valence-electron chi connectivity index (χ2n) is 4.69. The van der Waals surface area contributed by atoms with E-state index in [0.29, 0.717) is 5.69 Å². The van der Waals surface area contributed by atoms with Gasteiger partial charge in [0.1, 0.15) is 6.61 Å². The van der Waals surface area contributed by atoms with E-state index >= 15 is 0 Å². The fourth-order valence-corrected chi connectivity index (χ4v) is 2.53. The predicted octanol–water partition coefficient (Wildman–Crippen LogP) is 0.978. The number of rotatable bonds is 4. The van der Waals surface area contributed by atoms with Gasteiger partial charge in [0, 0.05) is 18.9 Å². The van der Waals surface area contributed by atoms with Gasteiger partial charge >= 0.3 is 12.1 Å². The molecule has 1 amide bonds. The van der Waals surface area contributed by atoms with Crippen molar-refractivity contribution < 1.29 is 27.5 Å². The number of benzene rings is 1. The highest BCUT2D eigenvalue weighted by Gasteiger charge is 2.33.